The molecule has 0 atom stereocenters. The Bertz CT molecular complexity index is 941. The summed E-state index contributed by atoms with van der Waals surface area (Å²) >= 11 is 0. The Hall–Kier alpha value is -3.03. The highest BCUT2D eigenvalue weighted by Gasteiger charge is 2.19. The van der Waals surface area contributed by atoms with Gasteiger partial charge in [0.25, 0.3) is 5.56 Å². The van der Waals surface area contributed by atoms with E-state index in [1.807, 2.05) is 0 Å². The number of aliphatic imine (C=N–C) groups is 1. The van der Waals surface area contributed by atoms with Crippen LogP contribution in [0.3, 0.4) is 0 Å². The molecule has 0 saturated carbocycles. The second kappa shape index (κ2) is 7.25. The van der Waals surface area contributed by atoms with Gasteiger partial charge in [0.1, 0.15) is 22.7 Å². The van der Waals surface area contributed by atoms with E-state index >= 15 is 0 Å². The average molecular weight is 347 g/mol. The Labute approximate surface area is 144 Å². The molecule has 0 amide bonds. The van der Waals surface area contributed by atoms with Gasteiger partial charge in [0.15, 0.2) is 0 Å². The van der Waals surface area contributed by atoms with Crippen LogP contribution in [0.5, 0.6) is 17.4 Å². The van der Waals surface area contributed by atoms with Crippen molar-refractivity contribution in [1.82, 2.24) is 9.13 Å². The second-order valence-electron chi connectivity index (χ2n) is 5.35. The van der Waals surface area contributed by atoms with Crippen molar-refractivity contribution < 1.29 is 14.6 Å². The van der Waals surface area contributed by atoms with Gasteiger partial charge in [-0.2, -0.15) is 0 Å². The van der Waals surface area contributed by atoms with Crippen LogP contribution in [0.15, 0.2) is 32.8 Å². The van der Waals surface area contributed by atoms with E-state index in [1.54, 1.807) is 32.2 Å². The fourth-order valence-corrected chi connectivity index (χ4v) is 2.42. The van der Waals surface area contributed by atoms with Gasteiger partial charge in [-0.1, -0.05) is 6.92 Å². The number of hydrogen-bond acceptors (Lipinski definition) is 6. The van der Waals surface area contributed by atoms with Crippen LogP contribution in [0, 0.1) is 0 Å². The summed E-state index contributed by atoms with van der Waals surface area (Å²) in [5.74, 6) is 0.655. The van der Waals surface area contributed by atoms with Crippen molar-refractivity contribution in [3.63, 3.8) is 0 Å². The SMILES string of the molecule is CCC(=Nc1ccc(OC)cc1OC)c1c(O)n(C)c(=O)n(C)c1=O. The van der Waals surface area contributed by atoms with Crippen LogP contribution in [-0.4, -0.2) is 34.2 Å². The lowest BCUT2D eigenvalue weighted by Crippen LogP contribution is -2.40. The summed E-state index contributed by atoms with van der Waals surface area (Å²) in [5, 5.41) is 10.3. The van der Waals surface area contributed by atoms with Crippen molar-refractivity contribution >= 4 is 11.4 Å². The Morgan fingerprint density at radius 2 is 1.84 bits per heavy atom. The van der Waals surface area contributed by atoms with Crippen LogP contribution in [0.25, 0.3) is 0 Å². The van der Waals surface area contributed by atoms with E-state index in [0.29, 0.717) is 29.3 Å². The van der Waals surface area contributed by atoms with Crippen molar-refractivity contribution in [3.05, 3.63) is 44.6 Å². The Morgan fingerprint density at radius 3 is 2.40 bits per heavy atom. The first-order valence-electron chi connectivity index (χ1n) is 7.64. The summed E-state index contributed by atoms with van der Waals surface area (Å²) in [6.45, 7) is 1.80. The topological polar surface area (TPSA) is 95.0 Å². The van der Waals surface area contributed by atoms with E-state index in [2.05, 4.69) is 4.99 Å². The predicted octanol–water partition coefficient (Wildman–Crippen LogP) is 1.34. The number of aromatic hydroxyl groups is 1. The standard InChI is InChI=1S/C17H21N3O5/c1-6-11(14-15(21)19(2)17(23)20(3)16(14)22)18-12-8-7-10(24-4)9-13(12)25-5/h7-9,21H,6H2,1-5H3. The number of hydrogen-bond donors (Lipinski definition) is 1. The molecule has 2 rings (SSSR count). The van der Waals surface area contributed by atoms with Crippen molar-refractivity contribution in [2.45, 2.75) is 13.3 Å². The summed E-state index contributed by atoms with van der Waals surface area (Å²) in [5.41, 5.74) is -0.394. The molecule has 1 N–H and O–H groups in total. The van der Waals surface area contributed by atoms with Crippen molar-refractivity contribution in [2.24, 2.45) is 19.1 Å². The molecule has 1 aromatic carbocycles. The van der Waals surface area contributed by atoms with Crippen molar-refractivity contribution in [3.8, 4) is 17.4 Å². The molecule has 1 heterocycles. The fourth-order valence-electron chi connectivity index (χ4n) is 2.42. The molecule has 0 aliphatic carbocycles. The molecule has 0 aliphatic rings. The van der Waals surface area contributed by atoms with Crippen LogP contribution in [0.1, 0.15) is 18.9 Å². The van der Waals surface area contributed by atoms with E-state index in [0.717, 1.165) is 9.13 Å². The lowest BCUT2D eigenvalue weighted by molar-refractivity contribution is 0.395. The van der Waals surface area contributed by atoms with Crippen molar-refractivity contribution in [1.29, 1.82) is 0 Å². The number of methoxy groups -OCH3 is 2. The number of rotatable bonds is 5. The van der Waals surface area contributed by atoms with E-state index in [4.69, 9.17) is 9.47 Å². The zero-order valence-corrected chi connectivity index (χ0v) is 14.9. The minimum absolute atomic E-state index is 0.00929. The van der Waals surface area contributed by atoms with Crippen LogP contribution in [0.4, 0.5) is 5.69 Å². The van der Waals surface area contributed by atoms with Gasteiger partial charge in [-0.15, -0.1) is 0 Å². The van der Waals surface area contributed by atoms with Gasteiger partial charge in [0.05, 0.1) is 19.9 Å². The van der Waals surface area contributed by atoms with Crippen molar-refractivity contribution in [2.75, 3.05) is 14.2 Å². The largest absolute Gasteiger partial charge is 0.497 e. The molecule has 1 aromatic heterocycles. The monoisotopic (exact) mass is 347 g/mol. The highest BCUT2D eigenvalue weighted by Crippen LogP contribution is 2.32. The Morgan fingerprint density at radius 1 is 1.16 bits per heavy atom. The lowest BCUT2D eigenvalue weighted by Gasteiger charge is -2.12. The smallest absolute Gasteiger partial charge is 0.333 e. The summed E-state index contributed by atoms with van der Waals surface area (Å²) < 4.78 is 12.4. The molecule has 0 bridgehead atoms. The Balaban J connectivity index is 2.72. The molecule has 0 spiro atoms. The quantitative estimate of drug-likeness (QED) is 0.824. The molecule has 8 nitrogen and oxygen atoms in total. The normalized spacial score (nSPS) is 11.5. The zero-order valence-electron chi connectivity index (χ0n) is 14.9. The minimum Gasteiger partial charge on any atom is -0.497 e. The second-order valence-corrected chi connectivity index (χ2v) is 5.35. The summed E-state index contributed by atoms with van der Waals surface area (Å²) in [7, 11) is 5.79. The van der Waals surface area contributed by atoms with E-state index < -0.39 is 17.1 Å². The third-order valence-electron chi connectivity index (χ3n) is 3.90. The molecule has 0 aliphatic heterocycles. The number of aromatic nitrogens is 2. The van der Waals surface area contributed by atoms with Gasteiger partial charge in [0, 0.05) is 20.2 Å². The first kappa shape index (κ1) is 18.3. The summed E-state index contributed by atoms with van der Waals surface area (Å²) in [4.78, 5) is 28.8. The van der Waals surface area contributed by atoms with Gasteiger partial charge in [0.2, 0.25) is 5.88 Å². The summed E-state index contributed by atoms with van der Waals surface area (Å²) in [6.07, 6.45) is 0.371. The zero-order chi connectivity index (χ0) is 18.7. The van der Waals surface area contributed by atoms with Gasteiger partial charge < -0.3 is 14.6 Å². The summed E-state index contributed by atoms with van der Waals surface area (Å²) in [6, 6.07) is 5.08. The minimum atomic E-state index is -0.608. The first-order valence-corrected chi connectivity index (χ1v) is 7.64. The fraction of sp³-hybridized carbons (Fsp3) is 0.353. The van der Waals surface area contributed by atoms with E-state index in [-0.39, 0.29) is 5.56 Å². The number of ether oxygens (including phenoxy) is 2. The molecule has 0 saturated heterocycles. The number of nitrogens with zero attached hydrogens (tertiary/aromatic N) is 3. The van der Waals surface area contributed by atoms with Crippen LogP contribution in [0.2, 0.25) is 0 Å². The highest BCUT2D eigenvalue weighted by molar-refractivity contribution is 6.03. The maximum absolute atomic E-state index is 12.5. The maximum atomic E-state index is 12.5. The molecule has 0 fully saturated rings. The molecule has 8 heteroatoms. The van der Waals surface area contributed by atoms with Gasteiger partial charge in [-0.05, 0) is 18.6 Å². The first-order chi connectivity index (χ1) is 11.8. The molecular weight excluding hydrogens is 326 g/mol. The van der Waals surface area contributed by atoms with Crippen LogP contribution in [-0.2, 0) is 14.1 Å². The van der Waals surface area contributed by atoms with E-state index in [1.165, 1.54) is 21.2 Å². The third-order valence-corrected chi connectivity index (χ3v) is 3.90. The van der Waals surface area contributed by atoms with Gasteiger partial charge in [-0.3, -0.25) is 13.9 Å². The predicted molar refractivity (Wildman–Crippen MR) is 94.6 cm³/mol. The molecular formula is C17H21N3O5. The van der Waals surface area contributed by atoms with Crippen LogP contribution < -0.4 is 20.7 Å². The molecule has 0 radical (unpaired) electrons. The van der Waals surface area contributed by atoms with Gasteiger partial charge in [-0.25, -0.2) is 9.79 Å². The van der Waals surface area contributed by atoms with Crippen LogP contribution >= 0.6 is 0 Å². The lowest BCUT2D eigenvalue weighted by atomic mass is 10.1. The molecule has 0 unspecified atom stereocenters. The Kier molecular flexibility index (Phi) is 5.31. The third kappa shape index (κ3) is 3.28. The maximum Gasteiger partial charge on any atom is 0.333 e. The van der Waals surface area contributed by atoms with E-state index in [9.17, 15) is 14.7 Å². The average Bonchev–Trinajstić information content (AvgIpc) is 2.64. The number of benzene rings is 1. The highest BCUT2D eigenvalue weighted by atomic mass is 16.5. The molecule has 2 aromatic rings. The van der Waals surface area contributed by atoms with Gasteiger partial charge >= 0.3 is 5.69 Å². The molecule has 134 valence electrons. The molecule has 25 heavy (non-hydrogen) atoms.